The zero-order valence-corrected chi connectivity index (χ0v) is 10.6. The Balaban J connectivity index is 2.07. The van der Waals surface area contributed by atoms with Crippen molar-refractivity contribution in [1.29, 1.82) is 0 Å². The first-order chi connectivity index (χ1) is 9.04. The summed E-state index contributed by atoms with van der Waals surface area (Å²) in [6.07, 6.45) is 3.21. The van der Waals surface area contributed by atoms with Gasteiger partial charge in [-0.2, -0.15) is 0 Å². The van der Waals surface area contributed by atoms with Crippen LogP contribution in [0.4, 0.5) is 11.0 Å². The van der Waals surface area contributed by atoms with Gasteiger partial charge in [-0.1, -0.05) is 0 Å². The summed E-state index contributed by atoms with van der Waals surface area (Å²) in [5, 5.41) is 15.2. The van der Waals surface area contributed by atoms with E-state index in [9.17, 15) is 14.9 Å². The lowest BCUT2D eigenvalue weighted by Crippen LogP contribution is -2.04. The van der Waals surface area contributed by atoms with Crippen LogP contribution in [0, 0.1) is 10.1 Å². The minimum Gasteiger partial charge on any atom is -0.401 e. The summed E-state index contributed by atoms with van der Waals surface area (Å²) in [6.45, 7) is 1.40. The lowest BCUT2D eigenvalue weighted by atomic mass is 10.3. The maximum absolute atomic E-state index is 10.8. The Bertz CT molecular complexity index is 644. The van der Waals surface area contributed by atoms with Crippen LogP contribution in [0.3, 0.4) is 0 Å². The van der Waals surface area contributed by atoms with Crippen LogP contribution in [-0.4, -0.2) is 15.8 Å². The van der Waals surface area contributed by atoms with E-state index in [-0.39, 0.29) is 11.8 Å². The highest BCUT2D eigenvalue weighted by Crippen LogP contribution is 2.20. The number of nitrogens with one attached hydrogen (secondary N) is 1. The third-order valence-electron chi connectivity index (χ3n) is 2.02. The molecule has 2 heterocycles. The van der Waals surface area contributed by atoms with Gasteiger partial charge in [-0.3, -0.25) is 14.9 Å². The van der Waals surface area contributed by atoms with Crippen LogP contribution in [0.25, 0.3) is 12.2 Å². The van der Waals surface area contributed by atoms with Crippen molar-refractivity contribution >= 4 is 40.4 Å². The molecule has 8 heteroatoms. The SMILES string of the molecule is CC(=O)Nc1nc(C=Cc2ccc([N+](=O)[O-])o2)cs1. The highest BCUT2D eigenvalue weighted by molar-refractivity contribution is 7.14. The second-order valence-electron chi connectivity index (χ2n) is 3.53. The van der Waals surface area contributed by atoms with Crippen molar-refractivity contribution < 1.29 is 14.1 Å². The van der Waals surface area contributed by atoms with Crippen molar-refractivity contribution in [3.8, 4) is 0 Å². The summed E-state index contributed by atoms with van der Waals surface area (Å²) in [5.41, 5.74) is 0.632. The van der Waals surface area contributed by atoms with Gasteiger partial charge >= 0.3 is 5.88 Å². The molecule has 0 atom stereocenters. The average molecular weight is 279 g/mol. The largest absolute Gasteiger partial charge is 0.433 e. The molecule has 19 heavy (non-hydrogen) atoms. The molecule has 1 amide bonds. The number of anilines is 1. The van der Waals surface area contributed by atoms with Crippen LogP contribution in [0.2, 0.25) is 0 Å². The van der Waals surface area contributed by atoms with Crippen molar-refractivity contribution in [1.82, 2.24) is 4.98 Å². The van der Waals surface area contributed by atoms with Crippen LogP contribution in [0.5, 0.6) is 0 Å². The number of carbonyl (C=O) groups excluding carboxylic acids is 1. The van der Waals surface area contributed by atoms with Gasteiger partial charge in [0.1, 0.15) is 10.7 Å². The minimum atomic E-state index is -0.602. The van der Waals surface area contributed by atoms with E-state index in [1.807, 2.05) is 0 Å². The molecule has 0 fully saturated rings. The number of hydrogen-bond acceptors (Lipinski definition) is 6. The van der Waals surface area contributed by atoms with Crippen molar-refractivity contribution in [2.75, 3.05) is 5.32 Å². The van der Waals surface area contributed by atoms with Gasteiger partial charge in [-0.05, 0) is 18.2 Å². The number of thiazole rings is 1. The molecule has 0 radical (unpaired) electrons. The topological polar surface area (TPSA) is 98.3 Å². The Kier molecular flexibility index (Phi) is 3.71. The highest BCUT2D eigenvalue weighted by atomic mass is 32.1. The van der Waals surface area contributed by atoms with E-state index >= 15 is 0 Å². The molecular weight excluding hydrogens is 270 g/mol. The molecule has 0 spiro atoms. The van der Waals surface area contributed by atoms with Crippen LogP contribution in [-0.2, 0) is 4.79 Å². The maximum Gasteiger partial charge on any atom is 0.433 e. The first kappa shape index (κ1) is 13.0. The van der Waals surface area contributed by atoms with Crippen molar-refractivity contribution in [3.63, 3.8) is 0 Å². The van der Waals surface area contributed by atoms with Gasteiger partial charge in [0.2, 0.25) is 5.91 Å². The summed E-state index contributed by atoms with van der Waals surface area (Å²) in [5.74, 6) is -0.135. The molecule has 0 aliphatic heterocycles. The molecular formula is C11H9N3O4S. The molecule has 98 valence electrons. The fourth-order valence-corrected chi connectivity index (χ4v) is 1.99. The normalized spacial score (nSPS) is 10.8. The van der Waals surface area contributed by atoms with Gasteiger partial charge in [0.15, 0.2) is 5.13 Å². The number of nitro groups is 1. The van der Waals surface area contributed by atoms with Gasteiger partial charge < -0.3 is 9.73 Å². The molecule has 7 nitrogen and oxygen atoms in total. The Labute approximate surface area is 111 Å². The smallest absolute Gasteiger partial charge is 0.401 e. The molecule has 0 bridgehead atoms. The quantitative estimate of drug-likeness (QED) is 0.685. The van der Waals surface area contributed by atoms with Crippen molar-refractivity contribution in [2.45, 2.75) is 6.92 Å². The Morgan fingerprint density at radius 2 is 2.32 bits per heavy atom. The molecule has 2 rings (SSSR count). The van der Waals surface area contributed by atoms with Gasteiger partial charge in [0, 0.05) is 12.3 Å². The van der Waals surface area contributed by atoms with Crippen molar-refractivity contribution in [2.24, 2.45) is 0 Å². The number of furan rings is 1. The second kappa shape index (κ2) is 5.44. The molecule has 0 saturated heterocycles. The summed E-state index contributed by atoms with van der Waals surface area (Å²) in [6, 6.07) is 2.78. The van der Waals surface area contributed by atoms with E-state index in [0.29, 0.717) is 16.6 Å². The first-order valence-electron chi connectivity index (χ1n) is 5.20. The lowest BCUT2D eigenvalue weighted by molar-refractivity contribution is -0.402. The Morgan fingerprint density at radius 1 is 1.53 bits per heavy atom. The number of rotatable bonds is 4. The average Bonchev–Trinajstić information content (AvgIpc) is 2.94. The molecule has 0 unspecified atom stereocenters. The van der Waals surface area contributed by atoms with Crippen LogP contribution in [0.15, 0.2) is 21.9 Å². The summed E-state index contributed by atoms with van der Waals surface area (Å²) < 4.78 is 4.96. The molecule has 2 aromatic rings. The number of carbonyl (C=O) groups is 1. The molecule has 0 aliphatic carbocycles. The second-order valence-corrected chi connectivity index (χ2v) is 4.38. The summed E-state index contributed by atoms with van der Waals surface area (Å²) in [4.78, 5) is 24.8. The van der Waals surface area contributed by atoms with Gasteiger partial charge in [-0.25, -0.2) is 4.98 Å². The van der Waals surface area contributed by atoms with Crippen LogP contribution < -0.4 is 5.32 Å². The molecule has 2 aromatic heterocycles. The standard InChI is InChI=1S/C11H9N3O4S/c1-7(15)12-11-13-8(6-19-11)2-3-9-4-5-10(18-9)14(16)17/h2-6H,1H3,(H,12,13,15). The van der Waals surface area contributed by atoms with Gasteiger partial charge in [0.25, 0.3) is 0 Å². The predicted octanol–water partition coefficient (Wildman–Crippen LogP) is 2.77. The van der Waals surface area contributed by atoms with Gasteiger partial charge in [0.05, 0.1) is 11.8 Å². The molecule has 0 saturated carbocycles. The number of amides is 1. The molecule has 0 aliphatic rings. The van der Waals surface area contributed by atoms with E-state index in [1.165, 1.54) is 30.4 Å². The highest BCUT2D eigenvalue weighted by Gasteiger charge is 2.09. The third-order valence-corrected chi connectivity index (χ3v) is 2.79. The lowest BCUT2D eigenvalue weighted by Gasteiger charge is -1.92. The molecule has 0 aromatic carbocycles. The predicted molar refractivity (Wildman–Crippen MR) is 70.7 cm³/mol. The Morgan fingerprint density at radius 3 is 2.95 bits per heavy atom. The van der Waals surface area contributed by atoms with E-state index in [4.69, 9.17) is 4.42 Å². The van der Waals surface area contributed by atoms with Crippen LogP contribution >= 0.6 is 11.3 Å². The van der Waals surface area contributed by atoms with E-state index < -0.39 is 4.92 Å². The zero-order chi connectivity index (χ0) is 13.8. The minimum absolute atomic E-state index is 0.188. The van der Waals surface area contributed by atoms with Gasteiger partial charge in [-0.15, -0.1) is 11.3 Å². The van der Waals surface area contributed by atoms with Crippen LogP contribution in [0.1, 0.15) is 18.4 Å². The summed E-state index contributed by atoms with van der Waals surface area (Å²) in [7, 11) is 0. The fraction of sp³-hybridized carbons (Fsp3) is 0.0909. The molecule has 1 N–H and O–H groups in total. The fourth-order valence-electron chi connectivity index (χ4n) is 1.27. The maximum atomic E-state index is 10.8. The van der Waals surface area contributed by atoms with E-state index in [0.717, 1.165) is 0 Å². The number of nitrogens with zero attached hydrogens (tertiary/aromatic N) is 2. The monoisotopic (exact) mass is 279 g/mol. The van der Waals surface area contributed by atoms with E-state index in [2.05, 4.69) is 10.3 Å². The number of aromatic nitrogens is 1. The van der Waals surface area contributed by atoms with Crippen molar-refractivity contribution in [3.05, 3.63) is 39.1 Å². The third kappa shape index (κ3) is 3.49. The summed E-state index contributed by atoms with van der Waals surface area (Å²) >= 11 is 1.29. The Hall–Kier alpha value is -2.48. The number of hydrogen-bond donors (Lipinski definition) is 1. The zero-order valence-electron chi connectivity index (χ0n) is 9.82. The van der Waals surface area contributed by atoms with E-state index in [1.54, 1.807) is 17.5 Å². The first-order valence-corrected chi connectivity index (χ1v) is 6.08.